The summed E-state index contributed by atoms with van der Waals surface area (Å²) in [6, 6.07) is 7.41. The molecule has 1 heterocycles. The quantitative estimate of drug-likeness (QED) is 0.758. The Morgan fingerprint density at radius 1 is 1.33 bits per heavy atom. The highest BCUT2D eigenvalue weighted by Gasteiger charge is 2.33. The molecule has 0 spiro atoms. The number of phenols is 1. The Morgan fingerprint density at radius 3 is 2.71 bits per heavy atom. The third-order valence-electron chi connectivity index (χ3n) is 4.19. The van der Waals surface area contributed by atoms with Crippen molar-refractivity contribution < 1.29 is 9.84 Å². The topological polar surface area (TPSA) is 44.7 Å². The number of hydrogen-bond donors (Lipinski definition) is 2. The van der Waals surface area contributed by atoms with E-state index in [1.165, 1.54) is 6.42 Å². The van der Waals surface area contributed by atoms with Gasteiger partial charge in [-0.25, -0.2) is 0 Å². The summed E-state index contributed by atoms with van der Waals surface area (Å²) in [5.41, 5.74) is 1.31. The van der Waals surface area contributed by atoms with E-state index in [0.717, 1.165) is 51.4 Å². The first-order valence-electron chi connectivity index (χ1n) is 7.94. The lowest BCUT2D eigenvalue weighted by Crippen LogP contribution is -2.48. The maximum absolute atomic E-state index is 9.41. The summed E-state index contributed by atoms with van der Waals surface area (Å²) in [5.74, 6) is 0.312. The monoisotopic (exact) mass is 292 g/mol. The maximum Gasteiger partial charge on any atom is 0.115 e. The molecule has 1 atom stereocenters. The summed E-state index contributed by atoms with van der Waals surface area (Å²) in [4.78, 5) is 2.27. The van der Waals surface area contributed by atoms with E-state index >= 15 is 0 Å². The standard InChI is InChI=1S/C17H28N2O2/c1-3-10-18-12-17(9-4-11-21-14-17)13-19(2)15-5-7-16(20)8-6-15/h5-8,18,20H,3-4,9-14H2,1-2H3. The van der Waals surface area contributed by atoms with Crippen molar-refractivity contribution in [1.29, 1.82) is 0 Å². The SMILES string of the molecule is CCCNCC1(CN(C)c2ccc(O)cc2)CCCOC1. The number of anilines is 1. The van der Waals surface area contributed by atoms with Gasteiger partial charge in [-0.05, 0) is 50.1 Å². The number of benzene rings is 1. The van der Waals surface area contributed by atoms with Crippen LogP contribution in [0.3, 0.4) is 0 Å². The summed E-state index contributed by atoms with van der Waals surface area (Å²) < 4.78 is 5.77. The van der Waals surface area contributed by atoms with E-state index in [4.69, 9.17) is 4.74 Å². The second-order valence-corrected chi connectivity index (χ2v) is 6.21. The predicted molar refractivity (Wildman–Crippen MR) is 87.0 cm³/mol. The molecule has 0 aromatic heterocycles. The molecular formula is C17H28N2O2. The molecule has 1 saturated heterocycles. The normalized spacial score (nSPS) is 22.2. The third kappa shape index (κ3) is 4.61. The van der Waals surface area contributed by atoms with E-state index < -0.39 is 0 Å². The first-order chi connectivity index (χ1) is 10.2. The fourth-order valence-electron chi connectivity index (χ4n) is 3.06. The average molecular weight is 292 g/mol. The van der Waals surface area contributed by atoms with E-state index in [1.807, 2.05) is 12.1 Å². The number of aromatic hydroxyl groups is 1. The molecular weight excluding hydrogens is 264 g/mol. The first-order valence-corrected chi connectivity index (χ1v) is 7.94. The summed E-state index contributed by atoms with van der Waals surface area (Å²) in [7, 11) is 2.11. The van der Waals surface area contributed by atoms with Crippen molar-refractivity contribution in [2.75, 3.05) is 44.8 Å². The number of nitrogens with one attached hydrogen (secondary N) is 1. The minimum absolute atomic E-state index is 0.181. The van der Waals surface area contributed by atoms with Crippen LogP contribution in [0.25, 0.3) is 0 Å². The molecule has 2 N–H and O–H groups in total. The number of nitrogens with zero attached hydrogens (tertiary/aromatic N) is 1. The van der Waals surface area contributed by atoms with Crippen molar-refractivity contribution in [2.24, 2.45) is 5.41 Å². The summed E-state index contributed by atoms with van der Waals surface area (Å²) in [6.07, 6.45) is 3.49. The molecule has 21 heavy (non-hydrogen) atoms. The van der Waals surface area contributed by atoms with Crippen molar-refractivity contribution in [3.05, 3.63) is 24.3 Å². The molecule has 0 aliphatic carbocycles. The number of ether oxygens (including phenoxy) is 1. The van der Waals surface area contributed by atoms with Crippen LogP contribution < -0.4 is 10.2 Å². The lowest BCUT2D eigenvalue weighted by atomic mass is 9.81. The second-order valence-electron chi connectivity index (χ2n) is 6.21. The highest BCUT2D eigenvalue weighted by Crippen LogP contribution is 2.30. The van der Waals surface area contributed by atoms with Crippen molar-refractivity contribution >= 4 is 5.69 Å². The van der Waals surface area contributed by atoms with Gasteiger partial charge in [0.25, 0.3) is 0 Å². The van der Waals surface area contributed by atoms with E-state index in [9.17, 15) is 5.11 Å². The fourth-order valence-corrected chi connectivity index (χ4v) is 3.06. The van der Waals surface area contributed by atoms with Crippen LogP contribution >= 0.6 is 0 Å². The van der Waals surface area contributed by atoms with Crippen LogP contribution in [0.5, 0.6) is 5.75 Å². The molecule has 4 heteroatoms. The van der Waals surface area contributed by atoms with Crippen LogP contribution in [0.1, 0.15) is 26.2 Å². The van der Waals surface area contributed by atoms with E-state index in [-0.39, 0.29) is 5.41 Å². The van der Waals surface area contributed by atoms with Gasteiger partial charge >= 0.3 is 0 Å². The predicted octanol–water partition coefficient (Wildman–Crippen LogP) is 2.62. The highest BCUT2D eigenvalue weighted by molar-refractivity contribution is 5.48. The lowest BCUT2D eigenvalue weighted by Gasteiger charge is -2.40. The van der Waals surface area contributed by atoms with Crippen LogP contribution in [0, 0.1) is 5.41 Å². The zero-order valence-corrected chi connectivity index (χ0v) is 13.3. The van der Waals surface area contributed by atoms with Gasteiger partial charge < -0.3 is 20.1 Å². The van der Waals surface area contributed by atoms with Crippen LogP contribution in [0.4, 0.5) is 5.69 Å². The minimum Gasteiger partial charge on any atom is -0.508 e. The fraction of sp³-hybridized carbons (Fsp3) is 0.647. The van der Waals surface area contributed by atoms with E-state index in [2.05, 4.69) is 24.2 Å². The Hall–Kier alpha value is -1.26. The van der Waals surface area contributed by atoms with Crippen molar-refractivity contribution in [1.82, 2.24) is 5.32 Å². The molecule has 1 unspecified atom stereocenters. The van der Waals surface area contributed by atoms with Gasteiger partial charge in [-0.2, -0.15) is 0 Å². The first kappa shape index (κ1) is 16.1. The second kappa shape index (κ2) is 7.66. The van der Waals surface area contributed by atoms with Gasteiger partial charge in [-0.3, -0.25) is 0 Å². The Kier molecular flexibility index (Phi) is 5.88. The van der Waals surface area contributed by atoms with Crippen molar-refractivity contribution in [3.63, 3.8) is 0 Å². The maximum atomic E-state index is 9.41. The Bertz CT molecular complexity index is 413. The van der Waals surface area contributed by atoms with Gasteiger partial charge in [-0.15, -0.1) is 0 Å². The highest BCUT2D eigenvalue weighted by atomic mass is 16.5. The lowest BCUT2D eigenvalue weighted by molar-refractivity contribution is -0.00264. The summed E-state index contributed by atoms with van der Waals surface area (Å²) in [6.45, 7) is 6.94. The van der Waals surface area contributed by atoms with Crippen molar-refractivity contribution in [2.45, 2.75) is 26.2 Å². The van der Waals surface area contributed by atoms with Crippen LogP contribution in [-0.2, 0) is 4.74 Å². The molecule has 1 fully saturated rings. The van der Waals surface area contributed by atoms with Gasteiger partial charge in [0, 0.05) is 37.8 Å². The number of phenolic OH excluding ortho intramolecular Hbond substituents is 1. The molecule has 0 saturated carbocycles. The van der Waals surface area contributed by atoms with Gasteiger partial charge in [0.1, 0.15) is 5.75 Å². The molecule has 1 aliphatic heterocycles. The third-order valence-corrected chi connectivity index (χ3v) is 4.19. The molecule has 118 valence electrons. The Balaban J connectivity index is 2.01. The van der Waals surface area contributed by atoms with Gasteiger partial charge in [0.2, 0.25) is 0 Å². The van der Waals surface area contributed by atoms with Crippen LogP contribution in [-0.4, -0.2) is 45.0 Å². The molecule has 2 rings (SSSR count). The molecule has 1 aromatic carbocycles. The zero-order chi connectivity index (χ0) is 15.1. The number of hydrogen-bond acceptors (Lipinski definition) is 4. The molecule has 1 aliphatic rings. The van der Waals surface area contributed by atoms with Gasteiger partial charge in [0.05, 0.1) is 6.61 Å². The molecule has 1 aromatic rings. The van der Waals surface area contributed by atoms with Gasteiger partial charge in [0.15, 0.2) is 0 Å². The molecule has 0 amide bonds. The van der Waals surface area contributed by atoms with E-state index in [0.29, 0.717) is 5.75 Å². The largest absolute Gasteiger partial charge is 0.508 e. The molecule has 0 radical (unpaired) electrons. The summed E-state index contributed by atoms with van der Waals surface area (Å²) >= 11 is 0. The van der Waals surface area contributed by atoms with Crippen LogP contribution in [0.2, 0.25) is 0 Å². The van der Waals surface area contributed by atoms with Gasteiger partial charge in [-0.1, -0.05) is 6.92 Å². The Morgan fingerprint density at radius 2 is 2.10 bits per heavy atom. The smallest absolute Gasteiger partial charge is 0.115 e. The summed E-state index contributed by atoms with van der Waals surface area (Å²) in [5, 5.41) is 13.0. The zero-order valence-electron chi connectivity index (χ0n) is 13.3. The van der Waals surface area contributed by atoms with Crippen LogP contribution in [0.15, 0.2) is 24.3 Å². The van der Waals surface area contributed by atoms with E-state index in [1.54, 1.807) is 12.1 Å². The number of rotatable bonds is 7. The molecule has 0 bridgehead atoms. The Labute approximate surface area is 128 Å². The average Bonchev–Trinajstić information content (AvgIpc) is 2.49. The minimum atomic E-state index is 0.181. The van der Waals surface area contributed by atoms with Crippen molar-refractivity contribution in [3.8, 4) is 5.75 Å². The molecule has 4 nitrogen and oxygen atoms in total.